The van der Waals surface area contributed by atoms with Crippen LogP contribution < -0.4 is 4.90 Å². The lowest BCUT2D eigenvalue weighted by Gasteiger charge is -2.40. The molecule has 0 radical (unpaired) electrons. The van der Waals surface area contributed by atoms with Crippen molar-refractivity contribution >= 4 is 71.5 Å². The molecule has 1 aromatic heterocycles. The molecule has 3 aliphatic carbocycles. The molecule has 59 heavy (non-hydrogen) atoms. The molecule has 0 unspecified atom stereocenters. The minimum atomic E-state index is -0.446. The van der Waals surface area contributed by atoms with Crippen molar-refractivity contribution in [3.8, 4) is 22.3 Å². The van der Waals surface area contributed by atoms with Gasteiger partial charge in [0.2, 0.25) is 0 Å². The Balaban J connectivity index is 1.17. The van der Waals surface area contributed by atoms with Gasteiger partial charge in [0, 0.05) is 32.4 Å². The van der Waals surface area contributed by atoms with Crippen LogP contribution in [-0.2, 0) is 16.2 Å². The van der Waals surface area contributed by atoms with E-state index < -0.39 is 5.41 Å². The number of nitrogens with zero attached hydrogens (tertiary/aromatic N) is 1. The predicted molar refractivity (Wildman–Crippen MR) is 254 cm³/mol. The Kier molecular flexibility index (Phi) is 7.04. The highest BCUT2D eigenvalue weighted by Gasteiger charge is 2.51. The summed E-state index contributed by atoms with van der Waals surface area (Å²) in [5, 5.41) is 5.40. The van der Waals surface area contributed by atoms with Gasteiger partial charge in [-0.25, -0.2) is 0 Å². The van der Waals surface area contributed by atoms with Crippen LogP contribution in [0.5, 0.6) is 0 Å². The van der Waals surface area contributed by atoms with Crippen molar-refractivity contribution in [3.05, 3.63) is 196 Å². The maximum atomic E-state index is 2.48. The van der Waals surface area contributed by atoms with E-state index in [0.717, 1.165) is 11.4 Å². The molecule has 0 bridgehead atoms. The van der Waals surface area contributed by atoms with Gasteiger partial charge in [-0.3, -0.25) is 0 Å². The van der Waals surface area contributed by atoms with E-state index in [2.05, 4.69) is 210 Å². The second kappa shape index (κ2) is 11.9. The molecule has 1 nitrogen and oxygen atoms in total. The lowest BCUT2D eigenvalue weighted by atomic mass is 9.61. The fourth-order valence-electron chi connectivity index (χ4n) is 10.7. The van der Waals surface area contributed by atoms with Crippen LogP contribution in [0.25, 0.3) is 65.4 Å². The van der Waals surface area contributed by atoms with E-state index >= 15 is 0 Å². The van der Waals surface area contributed by atoms with Gasteiger partial charge in [0.1, 0.15) is 0 Å². The van der Waals surface area contributed by atoms with Gasteiger partial charge in [0.05, 0.1) is 15.8 Å². The molecule has 2 heteroatoms. The second-order valence-corrected chi connectivity index (χ2v) is 19.9. The third kappa shape index (κ3) is 4.67. The molecule has 8 aromatic carbocycles. The van der Waals surface area contributed by atoms with Gasteiger partial charge in [0.15, 0.2) is 0 Å². The highest BCUT2D eigenvalue weighted by atomic mass is 32.1. The fourth-order valence-corrected chi connectivity index (χ4v) is 12.1. The zero-order valence-electron chi connectivity index (χ0n) is 34.4. The normalized spacial score (nSPS) is 14.3. The molecule has 0 atom stereocenters. The van der Waals surface area contributed by atoms with Gasteiger partial charge in [-0.1, -0.05) is 175 Å². The fraction of sp³-hybridized carbons (Fsp3) is 0.158. The minimum Gasteiger partial charge on any atom is -0.309 e. The molecule has 0 saturated carbocycles. The molecule has 0 N–H and O–H groups in total. The van der Waals surface area contributed by atoms with Crippen molar-refractivity contribution in [2.75, 3.05) is 4.90 Å². The molecule has 0 saturated heterocycles. The average molecular weight is 776 g/mol. The van der Waals surface area contributed by atoms with Crippen molar-refractivity contribution in [1.29, 1.82) is 0 Å². The minimum absolute atomic E-state index is 0.0680. The molecule has 12 rings (SSSR count). The van der Waals surface area contributed by atoms with Gasteiger partial charge in [0.25, 0.3) is 0 Å². The van der Waals surface area contributed by atoms with E-state index in [9.17, 15) is 0 Å². The Morgan fingerprint density at radius 2 is 0.966 bits per heavy atom. The summed E-state index contributed by atoms with van der Waals surface area (Å²) in [5.41, 5.74) is 19.4. The summed E-state index contributed by atoms with van der Waals surface area (Å²) in [4.78, 5) is 2.48. The third-order valence-electron chi connectivity index (χ3n) is 13.6. The maximum Gasteiger partial charge on any atom is 0.0726 e. The van der Waals surface area contributed by atoms with Gasteiger partial charge >= 0.3 is 0 Å². The zero-order chi connectivity index (χ0) is 40.0. The zero-order valence-corrected chi connectivity index (χ0v) is 35.3. The molecular formula is C57H45NS. The summed E-state index contributed by atoms with van der Waals surface area (Å²) in [7, 11) is 0. The topological polar surface area (TPSA) is 3.24 Å². The largest absolute Gasteiger partial charge is 0.309 e. The molecule has 1 spiro atoms. The summed E-state index contributed by atoms with van der Waals surface area (Å²) in [6, 6.07) is 58.3. The Labute approximate surface area is 350 Å². The lowest BCUT2D eigenvalue weighted by molar-refractivity contribution is 0.590. The van der Waals surface area contributed by atoms with Crippen LogP contribution >= 0.6 is 11.3 Å². The van der Waals surface area contributed by atoms with E-state index in [4.69, 9.17) is 0 Å². The van der Waals surface area contributed by atoms with Crippen LogP contribution in [0, 0.1) is 0 Å². The van der Waals surface area contributed by atoms with Crippen molar-refractivity contribution in [2.45, 2.75) is 57.8 Å². The van der Waals surface area contributed by atoms with E-state index in [1.165, 1.54) is 103 Å². The Morgan fingerprint density at radius 1 is 0.424 bits per heavy atom. The van der Waals surface area contributed by atoms with E-state index in [1.807, 2.05) is 11.3 Å². The van der Waals surface area contributed by atoms with Crippen LogP contribution in [0.4, 0.5) is 17.1 Å². The van der Waals surface area contributed by atoms with Gasteiger partial charge in [-0.2, -0.15) is 0 Å². The van der Waals surface area contributed by atoms with Gasteiger partial charge < -0.3 is 4.90 Å². The van der Waals surface area contributed by atoms with Crippen molar-refractivity contribution in [1.82, 2.24) is 0 Å². The molecule has 284 valence electrons. The summed E-state index contributed by atoms with van der Waals surface area (Å²) in [6.07, 6.45) is 4.61. The van der Waals surface area contributed by atoms with Crippen LogP contribution in [0.3, 0.4) is 0 Å². The summed E-state index contributed by atoms with van der Waals surface area (Å²) in [5.74, 6) is 0. The number of anilines is 3. The second-order valence-electron chi connectivity index (χ2n) is 18.9. The van der Waals surface area contributed by atoms with E-state index in [1.54, 1.807) is 0 Å². The number of thiophene rings is 1. The number of fused-ring (bicyclic) bond motifs is 13. The number of rotatable bonds is 3. The first-order valence-corrected chi connectivity index (χ1v) is 21.8. The third-order valence-corrected chi connectivity index (χ3v) is 14.8. The van der Waals surface area contributed by atoms with E-state index in [0.29, 0.717) is 0 Å². The van der Waals surface area contributed by atoms with Crippen molar-refractivity contribution < 1.29 is 0 Å². The monoisotopic (exact) mass is 775 g/mol. The highest BCUT2D eigenvalue weighted by Crippen LogP contribution is 2.64. The summed E-state index contributed by atoms with van der Waals surface area (Å²) < 4.78 is 2.66. The Hall–Kier alpha value is -6.22. The molecule has 0 aliphatic heterocycles. The predicted octanol–water partition coefficient (Wildman–Crippen LogP) is 16.1. The number of hydrogen-bond donors (Lipinski definition) is 0. The van der Waals surface area contributed by atoms with Crippen LogP contribution in [0.15, 0.2) is 152 Å². The summed E-state index contributed by atoms with van der Waals surface area (Å²) >= 11 is 1.97. The Bertz CT molecular complexity index is 3150. The molecular weight excluding hydrogens is 731 g/mol. The maximum absolute atomic E-state index is 2.48. The molecule has 0 fully saturated rings. The average Bonchev–Trinajstić information content (AvgIpc) is 3.93. The van der Waals surface area contributed by atoms with Crippen LogP contribution in [0.2, 0.25) is 0 Å². The van der Waals surface area contributed by atoms with Gasteiger partial charge in [-0.15, -0.1) is 11.3 Å². The molecule has 0 amide bonds. The first kappa shape index (κ1) is 34.8. The first-order chi connectivity index (χ1) is 28.5. The smallest absolute Gasteiger partial charge is 0.0726 e. The van der Waals surface area contributed by atoms with Crippen molar-refractivity contribution in [3.63, 3.8) is 0 Å². The lowest BCUT2D eigenvalue weighted by Crippen LogP contribution is -2.32. The Morgan fingerprint density at radius 3 is 1.56 bits per heavy atom. The molecule has 9 aromatic rings. The van der Waals surface area contributed by atoms with Crippen LogP contribution in [-0.4, -0.2) is 0 Å². The van der Waals surface area contributed by atoms with E-state index in [-0.39, 0.29) is 10.8 Å². The van der Waals surface area contributed by atoms with Gasteiger partial charge in [-0.05, 0) is 113 Å². The standard InChI is InChI=1S/C57H45NS/c1-55(2,3)36-22-26-38(27-23-36)58(39-28-24-37(25-29-39)56(4,5)6)49-17-11-14-42-43-31-33-48-52(54(43)59-53(42)49)44-30-20-34-18-19-35-21-32-47(51(44)50(34)35)57(48)45-15-9-7-12-40(45)41-13-8-10-16-46(41)57/h7-33H,1-6H3. The number of hydrogen-bond acceptors (Lipinski definition) is 2. The summed E-state index contributed by atoms with van der Waals surface area (Å²) in [6.45, 7) is 13.7. The van der Waals surface area contributed by atoms with Crippen molar-refractivity contribution in [2.24, 2.45) is 0 Å². The quantitative estimate of drug-likeness (QED) is 0.173. The number of benzene rings is 8. The van der Waals surface area contributed by atoms with Crippen LogP contribution in [0.1, 0.15) is 86.1 Å². The molecule has 3 aliphatic rings. The first-order valence-electron chi connectivity index (χ1n) is 21.0. The molecule has 1 heterocycles. The SMILES string of the molecule is CC(C)(C)c1ccc(N(c2ccc(C(C)(C)C)cc2)c2cccc3c2sc2c4c(ccc23)C2(c3ccccc3-c3ccccc32)c2ccc3c5c(ccc-4c25)C=C3)cc1. The highest BCUT2D eigenvalue weighted by molar-refractivity contribution is 7.27.